The van der Waals surface area contributed by atoms with Crippen molar-refractivity contribution >= 4 is 23.5 Å². The van der Waals surface area contributed by atoms with Gasteiger partial charge in [-0.3, -0.25) is 9.59 Å². The van der Waals surface area contributed by atoms with Crippen molar-refractivity contribution in [3.8, 4) is 0 Å². The summed E-state index contributed by atoms with van der Waals surface area (Å²) in [5, 5.41) is 37.3. The first-order chi connectivity index (χ1) is 14.8. The minimum atomic E-state index is -1.25. The molecule has 0 rings (SSSR count). The van der Waals surface area contributed by atoms with Crippen LogP contribution in [0.1, 0.15) is 107 Å². The predicted molar refractivity (Wildman–Crippen MR) is 121 cm³/mol. The molecule has 8 nitrogen and oxygen atoms in total. The van der Waals surface area contributed by atoms with Gasteiger partial charge in [-0.25, -0.2) is 0 Å². The molecule has 0 aromatic heterocycles. The van der Waals surface area contributed by atoms with E-state index >= 15 is 0 Å². The van der Waals surface area contributed by atoms with Gasteiger partial charge in [0, 0.05) is 13.2 Å². The van der Waals surface area contributed by atoms with E-state index in [4.69, 9.17) is 10.2 Å². The van der Waals surface area contributed by atoms with Gasteiger partial charge in [-0.15, -0.1) is 0 Å². The van der Waals surface area contributed by atoms with E-state index < -0.39 is 22.8 Å². The monoisotopic (exact) mass is 510 g/mol. The Hall–Kier alpha value is -1.09. The molecule has 2 N–H and O–H groups in total. The summed E-state index contributed by atoms with van der Waals surface area (Å²) in [6, 6.07) is 0. The zero-order valence-corrected chi connectivity index (χ0v) is 23.5. The first kappa shape index (κ1) is 42.1. The molecule has 0 heterocycles. The van der Waals surface area contributed by atoms with E-state index in [9.17, 15) is 29.4 Å². The van der Waals surface area contributed by atoms with Gasteiger partial charge in [-0.05, 0) is 52.4 Å². The molecule has 0 radical (unpaired) electrons. The Morgan fingerprint density at radius 3 is 0.818 bits per heavy atom. The molecule has 0 amide bonds. The van der Waals surface area contributed by atoms with Crippen LogP contribution in [0.5, 0.6) is 0 Å². The van der Waals surface area contributed by atoms with Crippen molar-refractivity contribution in [3.63, 3.8) is 0 Å². The number of aliphatic carboxylic acids is 2. The van der Waals surface area contributed by atoms with Crippen LogP contribution in [0.3, 0.4) is 0 Å². The van der Waals surface area contributed by atoms with Crippen LogP contribution in [0.2, 0.25) is 0 Å². The van der Waals surface area contributed by atoms with Crippen LogP contribution in [0.4, 0.5) is 0 Å². The second-order valence-corrected chi connectivity index (χ2v) is 7.42. The second-order valence-electron chi connectivity index (χ2n) is 7.42. The van der Waals surface area contributed by atoms with Gasteiger partial charge in [-0.1, -0.05) is 54.4 Å². The number of Topliss-reactive ketones (excluding diaryl/α,β-unsaturated/α-hetero) is 2. The van der Waals surface area contributed by atoms with Crippen LogP contribution in [-0.2, 0) is 40.9 Å². The van der Waals surface area contributed by atoms with Crippen molar-refractivity contribution in [1.29, 1.82) is 0 Å². The van der Waals surface area contributed by atoms with Gasteiger partial charge in [0.25, 0.3) is 0 Å². The van der Waals surface area contributed by atoms with Crippen molar-refractivity contribution in [3.05, 3.63) is 0 Å². The molecular formula is C24H46O8Ti. The summed E-state index contributed by atoms with van der Waals surface area (Å²) in [4.78, 5) is 43.1. The molecule has 0 fully saturated rings. The van der Waals surface area contributed by atoms with Gasteiger partial charge in [0.1, 0.15) is 11.6 Å². The molecule has 0 saturated carbocycles. The molecule has 0 bridgehead atoms. The number of rotatable bonds is 12. The third-order valence-corrected chi connectivity index (χ3v) is 5.57. The summed E-state index contributed by atoms with van der Waals surface area (Å²) in [7, 11) is 0. The van der Waals surface area contributed by atoms with Gasteiger partial charge in [0.15, 0.2) is 0 Å². The minimum Gasteiger partial charge on any atom is -0.549 e. The Morgan fingerprint density at radius 1 is 0.606 bits per heavy atom. The molecule has 194 valence electrons. The average Bonchev–Trinajstić information content (AvgIpc) is 2.72. The first-order valence-corrected chi connectivity index (χ1v) is 11.5. The molecule has 0 aromatic carbocycles. The number of aliphatic hydroxyl groups is 2. The molecule has 0 aliphatic heterocycles. The molecule has 0 saturated heterocycles. The predicted octanol–water partition coefficient (Wildman–Crippen LogP) is 1.82. The zero-order chi connectivity index (χ0) is 26.4. The van der Waals surface area contributed by atoms with Crippen molar-refractivity contribution in [2.75, 3.05) is 13.2 Å². The standard InChI is InChI=1S/2C8H14O3.2C4H10O.Ti/c2*1-4-8(5-2,6(3)9)7(10)11;2*1-2-3-4-5;/h2*4-5H2,1-3H3,(H,10,11);2*5H,2-4H2,1H3;/q;;;;+2/p-2. The number of aliphatic hydroxyl groups excluding tert-OH is 2. The summed E-state index contributed by atoms with van der Waals surface area (Å²) < 4.78 is 0. The first-order valence-electron chi connectivity index (χ1n) is 11.5. The van der Waals surface area contributed by atoms with Crippen LogP contribution in [0.15, 0.2) is 0 Å². The molecule has 0 aromatic rings. The Kier molecular flexibility index (Phi) is 32.6. The van der Waals surface area contributed by atoms with E-state index in [-0.39, 0.29) is 33.3 Å². The molecule has 0 spiro atoms. The molecule has 0 unspecified atom stereocenters. The molecule has 0 aliphatic carbocycles. The number of ketones is 2. The average molecular weight is 510 g/mol. The molecule has 0 aliphatic rings. The zero-order valence-electron chi connectivity index (χ0n) is 21.9. The fraction of sp³-hybridized carbons (Fsp3) is 0.833. The van der Waals surface area contributed by atoms with Crippen LogP contribution < -0.4 is 10.2 Å². The number of carbonyl (C=O) groups excluding carboxylic acids is 4. The van der Waals surface area contributed by atoms with E-state index in [2.05, 4.69) is 13.8 Å². The topological polar surface area (TPSA) is 155 Å². The van der Waals surface area contributed by atoms with Crippen LogP contribution >= 0.6 is 0 Å². The van der Waals surface area contributed by atoms with Crippen molar-refractivity contribution in [1.82, 2.24) is 0 Å². The quantitative estimate of drug-likeness (QED) is 0.298. The van der Waals surface area contributed by atoms with Gasteiger partial charge in [0.2, 0.25) is 0 Å². The van der Waals surface area contributed by atoms with E-state index in [0.29, 0.717) is 38.9 Å². The van der Waals surface area contributed by atoms with E-state index in [1.165, 1.54) is 13.8 Å². The Labute approximate surface area is 215 Å². The molecule has 0 atom stereocenters. The van der Waals surface area contributed by atoms with Crippen LogP contribution in [0.25, 0.3) is 0 Å². The number of hydrogen-bond donors (Lipinski definition) is 2. The fourth-order valence-corrected chi connectivity index (χ4v) is 2.68. The Morgan fingerprint density at radius 2 is 0.818 bits per heavy atom. The van der Waals surface area contributed by atoms with Crippen molar-refractivity contribution in [2.45, 2.75) is 107 Å². The largest absolute Gasteiger partial charge is 2.00 e. The second kappa shape index (κ2) is 25.5. The van der Waals surface area contributed by atoms with E-state index in [0.717, 1.165) is 25.7 Å². The third-order valence-electron chi connectivity index (χ3n) is 5.57. The maximum absolute atomic E-state index is 10.9. The van der Waals surface area contributed by atoms with Gasteiger partial charge >= 0.3 is 21.7 Å². The fourth-order valence-electron chi connectivity index (χ4n) is 2.68. The number of carboxylic acids is 2. The SMILES string of the molecule is CCC(CC)(C(C)=O)C(=O)[O-].CCC(CC)(C(C)=O)C(=O)[O-].CCCCO.CCCCO.[Ti+2]. The van der Waals surface area contributed by atoms with Crippen LogP contribution in [-0.4, -0.2) is 46.9 Å². The summed E-state index contributed by atoms with van der Waals surface area (Å²) in [5.74, 6) is -3.14. The Balaban J connectivity index is -0.000000112. The smallest absolute Gasteiger partial charge is 0.549 e. The third kappa shape index (κ3) is 17.1. The summed E-state index contributed by atoms with van der Waals surface area (Å²) in [6.45, 7) is 14.1. The van der Waals surface area contributed by atoms with E-state index in [1.807, 2.05) is 0 Å². The number of unbranched alkanes of at least 4 members (excludes halogenated alkanes) is 2. The summed E-state index contributed by atoms with van der Waals surface area (Å²) >= 11 is 0. The molecule has 33 heavy (non-hydrogen) atoms. The Bertz CT molecular complexity index is 431. The van der Waals surface area contributed by atoms with Crippen LogP contribution in [0, 0.1) is 10.8 Å². The minimum absolute atomic E-state index is 0. The van der Waals surface area contributed by atoms with Gasteiger partial charge in [-0.2, -0.15) is 0 Å². The number of carboxylic acid groups (broad SMARTS) is 2. The number of hydrogen-bond acceptors (Lipinski definition) is 8. The van der Waals surface area contributed by atoms with E-state index in [1.54, 1.807) is 27.7 Å². The molecule has 9 heteroatoms. The normalized spacial score (nSPS) is 10.0. The van der Waals surface area contributed by atoms with Gasteiger partial charge < -0.3 is 30.0 Å². The van der Waals surface area contributed by atoms with Crippen molar-refractivity contribution in [2.24, 2.45) is 10.8 Å². The van der Waals surface area contributed by atoms with Gasteiger partial charge in [0.05, 0.1) is 22.8 Å². The van der Waals surface area contributed by atoms with Crippen molar-refractivity contribution < 1.29 is 61.3 Å². The summed E-state index contributed by atoms with van der Waals surface area (Å²) in [6.07, 6.45) is 5.30. The number of carbonyl (C=O) groups is 4. The maximum atomic E-state index is 10.9. The molecular weight excluding hydrogens is 464 g/mol. The summed E-state index contributed by atoms with van der Waals surface area (Å²) in [5.41, 5.74) is -2.50. The maximum Gasteiger partial charge on any atom is 2.00 e.